The summed E-state index contributed by atoms with van der Waals surface area (Å²) in [6, 6.07) is 12.1. The van der Waals surface area contributed by atoms with Crippen LogP contribution in [0.2, 0.25) is 0 Å². The highest BCUT2D eigenvalue weighted by Gasteiger charge is 2.08. The lowest BCUT2D eigenvalue weighted by Crippen LogP contribution is -1.95. The highest BCUT2D eigenvalue weighted by molar-refractivity contribution is 7.99. The zero-order valence-corrected chi connectivity index (χ0v) is 10.9. The number of nitrogens with zero attached hydrogens (tertiary/aromatic N) is 2. The minimum Gasteiger partial charge on any atom is -0.478 e. The number of pyridine rings is 1. The molecule has 1 aromatic carbocycles. The average Bonchev–Trinajstić information content (AvgIpc) is 2.39. The SMILES string of the molecule is Cc1ccc(C#N)c(Sc2cccc(C(=O)O)c2)n1. The molecule has 0 saturated carbocycles. The third-order valence-electron chi connectivity index (χ3n) is 2.42. The Morgan fingerprint density at radius 3 is 2.84 bits per heavy atom. The van der Waals surface area contributed by atoms with Crippen molar-refractivity contribution in [3.05, 3.63) is 53.2 Å². The van der Waals surface area contributed by atoms with Gasteiger partial charge in [0, 0.05) is 10.6 Å². The van der Waals surface area contributed by atoms with E-state index in [0.717, 1.165) is 10.6 Å². The molecule has 5 heteroatoms. The average molecular weight is 270 g/mol. The number of aryl methyl sites for hydroxylation is 1. The Kier molecular flexibility index (Phi) is 3.83. The summed E-state index contributed by atoms with van der Waals surface area (Å²) in [5, 5.41) is 18.6. The lowest BCUT2D eigenvalue weighted by atomic mass is 10.2. The van der Waals surface area contributed by atoms with Gasteiger partial charge in [-0.25, -0.2) is 9.78 Å². The molecule has 0 fully saturated rings. The third kappa shape index (κ3) is 3.12. The molecule has 2 aromatic rings. The molecule has 0 aliphatic heterocycles. The number of benzene rings is 1. The first kappa shape index (κ1) is 13.1. The predicted octanol–water partition coefficient (Wildman–Crippen LogP) is 3.11. The summed E-state index contributed by atoms with van der Waals surface area (Å²) in [6.45, 7) is 1.85. The van der Waals surface area contributed by atoms with Crippen molar-refractivity contribution in [3.8, 4) is 6.07 Å². The Morgan fingerprint density at radius 2 is 2.16 bits per heavy atom. The summed E-state index contributed by atoms with van der Waals surface area (Å²) >= 11 is 1.29. The van der Waals surface area contributed by atoms with Crippen LogP contribution in [0.15, 0.2) is 46.3 Å². The van der Waals surface area contributed by atoms with Crippen molar-refractivity contribution >= 4 is 17.7 Å². The van der Waals surface area contributed by atoms with E-state index in [1.54, 1.807) is 30.3 Å². The van der Waals surface area contributed by atoms with Crippen molar-refractivity contribution in [2.45, 2.75) is 16.8 Å². The fourth-order valence-electron chi connectivity index (χ4n) is 1.50. The first-order valence-electron chi connectivity index (χ1n) is 5.49. The Bertz CT molecular complexity index is 677. The van der Waals surface area contributed by atoms with Crippen LogP contribution in [0.3, 0.4) is 0 Å². The van der Waals surface area contributed by atoms with Crippen molar-refractivity contribution in [1.82, 2.24) is 4.98 Å². The molecule has 1 heterocycles. The van der Waals surface area contributed by atoms with E-state index in [0.29, 0.717) is 10.6 Å². The number of nitriles is 1. The molecule has 0 saturated heterocycles. The van der Waals surface area contributed by atoms with Gasteiger partial charge in [0.05, 0.1) is 11.1 Å². The Labute approximate surface area is 114 Å². The molecule has 0 aliphatic carbocycles. The number of hydrogen-bond acceptors (Lipinski definition) is 4. The molecule has 2 rings (SSSR count). The van der Waals surface area contributed by atoms with Crippen LogP contribution in [0, 0.1) is 18.3 Å². The summed E-state index contributed by atoms with van der Waals surface area (Å²) in [6.07, 6.45) is 0. The fraction of sp³-hybridized carbons (Fsp3) is 0.0714. The van der Waals surface area contributed by atoms with Gasteiger partial charge in [0.15, 0.2) is 0 Å². The van der Waals surface area contributed by atoms with E-state index in [-0.39, 0.29) is 5.56 Å². The normalized spacial score (nSPS) is 9.89. The molecule has 0 amide bonds. The maximum absolute atomic E-state index is 10.9. The molecule has 0 unspecified atom stereocenters. The smallest absolute Gasteiger partial charge is 0.335 e. The zero-order valence-electron chi connectivity index (χ0n) is 10.1. The van der Waals surface area contributed by atoms with Crippen LogP contribution in [-0.2, 0) is 0 Å². The van der Waals surface area contributed by atoms with E-state index >= 15 is 0 Å². The van der Waals surface area contributed by atoms with Crippen molar-refractivity contribution in [2.24, 2.45) is 0 Å². The maximum Gasteiger partial charge on any atom is 0.335 e. The zero-order chi connectivity index (χ0) is 13.8. The van der Waals surface area contributed by atoms with E-state index in [4.69, 9.17) is 10.4 Å². The van der Waals surface area contributed by atoms with Crippen molar-refractivity contribution in [3.63, 3.8) is 0 Å². The number of carboxylic acid groups (broad SMARTS) is 1. The second-order valence-electron chi connectivity index (χ2n) is 3.85. The van der Waals surface area contributed by atoms with Gasteiger partial charge < -0.3 is 5.11 Å². The number of aromatic nitrogens is 1. The summed E-state index contributed by atoms with van der Waals surface area (Å²) in [7, 11) is 0. The van der Waals surface area contributed by atoms with E-state index < -0.39 is 5.97 Å². The van der Waals surface area contributed by atoms with Gasteiger partial charge in [0.1, 0.15) is 11.1 Å². The molecule has 4 nitrogen and oxygen atoms in total. The van der Waals surface area contributed by atoms with Crippen LogP contribution in [-0.4, -0.2) is 16.1 Å². The number of carbonyl (C=O) groups is 1. The highest BCUT2D eigenvalue weighted by atomic mass is 32.2. The van der Waals surface area contributed by atoms with Crippen molar-refractivity contribution in [1.29, 1.82) is 5.26 Å². The van der Waals surface area contributed by atoms with Gasteiger partial charge in [-0.15, -0.1) is 0 Å². The molecule has 1 aromatic heterocycles. The van der Waals surface area contributed by atoms with Crippen LogP contribution in [0.1, 0.15) is 21.6 Å². The quantitative estimate of drug-likeness (QED) is 0.927. The van der Waals surface area contributed by atoms with Crippen molar-refractivity contribution < 1.29 is 9.90 Å². The standard InChI is InChI=1S/C14H10N2O2S/c1-9-5-6-11(8-15)13(16-9)19-12-4-2-3-10(7-12)14(17)18/h2-7H,1H3,(H,17,18). The Hall–Kier alpha value is -2.32. The van der Waals surface area contributed by atoms with Gasteiger partial charge in [-0.05, 0) is 37.3 Å². The van der Waals surface area contributed by atoms with Gasteiger partial charge in [-0.1, -0.05) is 17.8 Å². The van der Waals surface area contributed by atoms with E-state index in [2.05, 4.69) is 11.1 Å². The van der Waals surface area contributed by atoms with Gasteiger partial charge in [-0.2, -0.15) is 5.26 Å². The lowest BCUT2D eigenvalue weighted by molar-refractivity contribution is 0.0696. The molecule has 94 valence electrons. The molecular weight excluding hydrogens is 260 g/mol. The molecule has 0 bridgehead atoms. The van der Waals surface area contributed by atoms with Gasteiger partial charge in [-0.3, -0.25) is 0 Å². The van der Waals surface area contributed by atoms with Crippen LogP contribution in [0.25, 0.3) is 0 Å². The van der Waals surface area contributed by atoms with Gasteiger partial charge in [0.25, 0.3) is 0 Å². The Balaban J connectivity index is 2.36. The molecule has 0 radical (unpaired) electrons. The molecule has 1 N–H and O–H groups in total. The first-order chi connectivity index (χ1) is 9.10. The largest absolute Gasteiger partial charge is 0.478 e. The summed E-state index contributed by atoms with van der Waals surface area (Å²) in [5.41, 5.74) is 1.52. The molecule has 0 atom stereocenters. The van der Waals surface area contributed by atoms with Crippen LogP contribution in [0.5, 0.6) is 0 Å². The van der Waals surface area contributed by atoms with Gasteiger partial charge >= 0.3 is 5.97 Å². The van der Waals surface area contributed by atoms with Crippen LogP contribution < -0.4 is 0 Å². The third-order valence-corrected chi connectivity index (χ3v) is 3.41. The lowest BCUT2D eigenvalue weighted by Gasteiger charge is -2.05. The fourth-order valence-corrected chi connectivity index (χ4v) is 2.47. The maximum atomic E-state index is 10.9. The van der Waals surface area contributed by atoms with Crippen LogP contribution >= 0.6 is 11.8 Å². The number of hydrogen-bond donors (Lipinski definition) is 1. The molecule has 0 spiro atoms. The minimum atomic E-state index is -0.972. The van der Waals surface area contributed by atoms with E-state index in [9.17, 15) is 4.79 Å². The first-order valence-corrected chi connectivity index (χ1v) is 6.31. The van der Waals surface area contributed by atoms with Gasteiger partial charge in [0.2, 0.25) is 0 Å². The summed E-state index contributed by atoms with van der Waals surface area (Å²) in [5.74, 6) is -0.972. The molecule has 0 aliphatic rings. The number of carboxylic acids is 1. The second kappa shape index (κ2) is 5.55. The second-order valence-corrected chi connectivity index (χ2v) is 4.91. The number of rotatable bonds is 3. The Morgan fingerprint density at radius 1 is 1.37 bits per heavy atom. The molecular formula is C14H10N2O2S. The van der Waals surface area contributed by atoms with E-state index in [1.165, 1.54) is 17.8 Å². The topological polar surface area (TPSA) is 74.0 Å². The van der Waals surface area contributed by atoms with Crippen molar-refractivity contribution in [2.75, 3.05) is 0 Å². The minimum absolute atomic E-state index is 0.219. The molecule has 19 heavy (non-hydrogen) atoms. The monoisotopic (exact) mass is 270 g/mol. The predicted molar refractivity (Wildman–Crippen MR) is 71.2 cm³/mol. The highest BCUT2D eigenvalue weighted by Crippen LogP contribution is 2.29. The summed E-state index contributed by atoms with van der Waals surface area (Å²) < 4.78 is 0. The summed E-state index contributed by atoms with van der Waals surface area (Å²) in [4.78, 5) is 16.0. The van der Waals surface area contributed by atoms with E-state index in [1.807, 2.05) is 6.92 Å². The number of aromatic carboxylic acids is 1. The van der Waals surface area contributed by atoms with Crippen LogP contribution in [0.4, 0.5) is 0 Å².